The third kappa shape index (κ3) is 3.96. The Hall–Kier alpha value is -2.07. The van der Waals surface area contributed by atoms with Gasteiger partial charge in [-0.25, -0.2) is 12.8 Å². The molecule has 0 N–H and O–H groups in total. The zero-order chi connectivity index (χ0) is 19.8. The van der Waals surface area contributed by atoms with Gasteiger partial charge >= 0.3 is 0 Å². The van der Waals surface area contributed by atoms with Crippen molar-refractivity contribution in [3.05, 3.63) is 68.5 Å². The molecule has 7 nitrogen and oxygen atoms in total. The van der Waals surface area contributed by atoms with Crippen molar-refractivity contribution in [3.63, 3.8) is 0 Å². The number of halogens is 2. The van der Waals surface area contributed by atoms with Crippen LogP contribution in [0.2, 0.25) is 5.02 Å². The van der Waals surface area contributed by atoms with Crippen molar-refractivity contribution in [2.45, 2.75) is 17.9 Å². The molecule has 10 heteroatoms. The maximum atomic E-state index is 13.1. The van der Waals surface area contributed by atoms with Gasteiger partial charge in [0.2, 0.25) is 10.0 Å². The normalized spacial score (nSPS) is 18.4. The molecule has 0 aromatic heterocycles. The lowest BCUT2D eigenvalue weighted by molar-refractivity contribution is -0.385. The van der Waals surface area contributed by atoms with Crippen LogP contribution >= 0.6 is 11.6 Å². The average Bonchev–Trinajstić information content (AvgIpc) is 2.64. The van der Waals surface area contributed by atoms with Gasteiger partial charge in [-0.05, 0) is 30.7 Å². The quantitative estimate of drug-likeness (QED) is 0.564. The van der Waals surface area contributed by atoms with Gasteiger partial charge in [0.1, 0.15) is 5.82 Å². The average molecular weight is 415 g/mol. The topological polar surface area (TPSA) is 89.8 Å². The van der Waals surface area contributed by atoms with Gasteiger partial charge in [0.25, 0.3) is 5.69 Å². The number of rotatable bonds is 4. The predicted molar refractivity (Wildman–Crippen MR) is 96.7 cm³/mol. The van der Waals surface area contributed by atoms with Crippen LogP contribution in [-0.4, -0.2) is 37.3 Å². The van der Waals surface area contributed by atoms with Gasteiger partial charge in [0.05, 0.1) is 27.6 Å². The summed E-state index contributed by atoms with van der Waals surface area (Å²) < 4.78 is 45.9. The lowest BCUT2D eigenvalue weighted by Gasteiger charge is -2.32. The molecular weight excluding hydrogens is 399 g/mol. The highest BCUT2D eigenvalue weighted by atomic mass is 35.5. The van der Waals surface area contributed by atoms with Crippen molar-refractivity contribution in [1.29, 1.82) is 0 Å². The maximum Gasteiger partial charge on any atom is 0.275 e. The molecule has 0 aliphatic carbocycles. The Morgan fingerprint density at radius 2 is 1.96 bits per heavy atom. The summed E-state index contributed by atoms with van der Waals surface area (Å²) in [6, 6.07) is 7.83. The van der Waals surface area contributed by atoms with Crippen LogP contribution in [0.15, 0.2) is 41.3 Å². The summed E-state index contributed by atoms with van der Waals surface area (Å²) in [4.78, 5) is 10.3. The molecule has 1 fully saturated rings. The van der Waals surface area contributed by atoms with Crippen LogP contribution in [0.25, 0.3) is 0 Å². The number of sulfonamides is 1. The summed E-state index contributed by atoms with van der Waals surface area (Å²) in [6.07, 6.45) is -0.565. The monoisotopic (exact) mass is 414 g/mol. The summed E-state index contributed by atoms with van der Waals surface area (Å²) in [7, 11) is -4.02. The van der Waals surface area contributed by atoms with Crippen LogP contribution in [0.3, 0.4) is 0 Å². The number of hydrogen-bond acceptors (Lipinski definition) is 5. The lowest BCUT2D eigenvalue weighted by Crippen LogP contribution is -2.42. The first kappa shape index (κ1) is 19.7. The number of hydrogen-bond donors (Lipinski definition) is 0. The fourth-order valence-corrected chi connectivity index (χ4v) is 4.60. The highest BCUT2D eigenvalue weighted by Gasteiger charge is 2.33. The van der Waals surface area contributed by atoms with E-state index in [-0.39, 0.29) is 40.9 Å². The molecular formula is C17H16ClFN2O5S. The first-order chi connectivity index (χ1) is 12.7. The van der Waals surface area contributed by atoms with Crippen molar-refractivity contribution in [1.82, 2.24) is 4.31 Å². The smallest absolute Gasteiger partial charge is 0.275 e. The minimum Gasteiger partial charge on any atom is -0.371 e. The van der Waals surface area contributed by atoms with E-state index in [0.29, 0.717) is 5.56 Å². The van der Waals surface area contributed by atoms with E-state index in [0.717, 1.165) is 6.07 Å². The van der Waals surface area contributed by atoms with E-state index in [1.54, 1.807) is 0 Å². The van der Waals surface area contributed by atoms with E-state index < -0.39 is 26.9 Å². The molecule has 1 aliphatic heterocycles. The summed E-state index contributed by atoms with van der Waals surface area (Å²) in [5.74, 6) is -0.402. The number of nitrogens with zero attached hydrogens (tertiary/aromatic N) is 2. The van der Waals surface area contributed by atoms with Gasteiger partial charge in [-0.1, -0.05) is 23.7 Å². The second kappa shape index (κ2) is 7.51. The van der Waals surface area contributed by atoms with Crippen molar-refractivity contribution >= 4 is 27.3 Å². The largest absolute Gasteiger partial charge is 0.371 e. The van der Waals surface area contributed by atoms with Gasteiger partial charge in [0, 0.05) is 24.7 Å². The Morgan fingerprint density at radius 3 is 2.59 bits per heavy atom. The first-order valence-corrected chi connectivity index (χ1v) is 9.83. The second-order valence-corrected chi connectivity index (χ2v) is 8.43. The summed E-state index contributed by atoms with van der Waals surface area (Å²) >= 11 is 6.00. The Labute approximate surface area is 160 Å². The van der Waals surface area contributed by atoms with E-state index in [4.69, 9.17) is 16.3 Å². The highest BCUT2D eigenvalue weighted by molar-refractivity contribution is 7.89. The van der Waals surface area contributed by atoms with E-state index in [1.165, 1.54) is 41.6 Å². The summed E-state index contributed by atoms with van der Waals surface area (Å²) in [5.41, 5.74) is 0.487. The second-order valence-electron chi connectivity index (χ2n) is 6.08. The van der Waals surface area contributed by atoms with Crippen molar-refractivity contribution < 1.29 is 22.5 Å². The number of nitro groups is 1. The van der Waals surface area contributed by atoms with Crippen LogP contribution < -0.4 is 0 Å². The lowest BCUT2D eigenvalue weighted by atomic mass is 10.1. The molecule has 3 rings (SSSR count). The highest BCUT2D eigenvalue weighted by Crippen LogP contribution is 2.32. The fourth-order valence-electron chi connectivity index (χ4n) is 2.85. The zero-order valence-electron chi connectivity index (χ0n) is 14.3. The predicted octanol–water partition coefficient (Wildman–Crippen LogP) is 3.46. The Kier molecular flexibility index (Phi) is 5.48. The minimum atomic E-state index is -4.02. The number of ether oxygens (including phenoxy) is 1. The van der Waals surface area contributed by atoms with Crippen molar-refractivity contribution in [2.24, 2.45) is 0 Å². The molecule has 1 saturated heterocycles. The molecule has 144 valence electrons. The Morgan fingerprint density at radius 1 is 1.30 bits per heavy atom. The standard InChI is InChI=1S/C17H16ClFN2O5S/c1-11-15(18)8-14(9-16(11)21(22)23)27(24,25)20-6-7-26-17(10-20)12-2-4-13(19)5-3-12/h2-5,8-9,17H,6-7,10H2,1H3. The maximum absolute atomic E-state index is 13.1. The molecule has 27 heavy (non-hydrogen) atoms. The number of benzene rings is 2. The number of nitro benzene ring substituents is 1. The third-order valence-electron chi connectivity index (χ3n) is 4.40. The van der Waals surface area contributed by atoms with Crippen molar-refractivity contribution in [2.75, 3.05) is 19.7 Å². The molecule has 1 aliphatic rings. The molecule has 2 aromatic rings. The van der Waals surface area contributed by atoms with E-state index in [1.807, 2.05) is 0 Å². The van der Waals surface area contributed by atoms with Crippen LogP contribution in [0.5, 0.6) is 0 Å². The van der Waals surface area contributed by atoms with Gasteiger partial charge in [-0.15, -0.1) is 0 Å². The van der Waals surface area contributed by atoms with Gasteiger partial charge < -0.3 is 4.74 Å². The SMILES string of the molecule is Cc1c(Cl)cc(S(=O)(=O)N2CCOC(c3ccc(F)cc3)C2)cc1[N+](=O)[O-]. The van der Waals surface area contributed by atoms with Gasteiger partial charge in [0.15, 0.2) is 0 Å². The molecule has 0 bridgehead atoms. The molecule has 0 spiro atoms. The Bertz CT molecular complexity index is 982. The molecule has 0 saturated carbocycles. The van der Waals surface area contributed by atoms with Gasteiger partial charge in [-0.3, -0.25) is 10.1 Å². The van der Waals surface area contributed by atoms with Crippen LogP contribution in [-0.2, 0) is 14.8 Å². The molecule has 1 heterocycles. The molecule has 2 aromatic carbocycles. The van der Waals surface area contributed by atoms with Crippen LogP contribution in [0.4, 0.5) is 10.1 Å². The molecule has 0 amide bonds. The third-order valence-corrected chi connectivity index (χ3v) is 6.63. The van der Waals surface area contributed by atoms with Gasteiger partial charge in [-0.2, -0.15) is 4.31 Å². The fraction of sp³-hybridized carbons (Fsp3) is 0.294. The van der Waals surface area contributed by atoms with E-state index in [2.05, 4.69) is 0 Å². The number of morpholine rings is 1. The first-order valence-electron chi connectivity index (χ1n) is 8.02. The summed E-state index contributed by atoms with van der Waals surface area (Å²) in [6.45, 7) is 1.70. The van der Waals surface area contributed by atoms with Crippen molar-refractivity contribution in [3.8, 4) is 0 Å². The van der Waals surface area contributed by atoms with Crippen LogP contribution in [0.1, 0.15) is 17.2 Å². The molecule has 1 unspecified atom stereocenters. The molecule has 0 radical (unpaired) electrons. The van der Waals surface area contributed by atoms with E-state index in [9.17, 15) is 22.9 Å². The minimum absolute atomic E-state index is 0.00567. The zero-order valence-corrected chi connectivity index (χ0v) is 15.8. The Balaban J connectivity index is 1.93. The molecule has 1 atom stereocenters. The van der Waals surface area contributed by atoms with E-state index >= 15 is 0 Å². The van der Waals surface area contributed by atoms with Crippen LogP contribution in [0, 0.1) is 22.9 Å². The summed E-state index contributed by atoms with van der Waals surface area (Å²) in [5, 5.41) is 11.2.